The summed E-state index contributed by atoms with van der Waals surface area (Å²) in [6, 6.07) is 0.0472. The first-order valence-corrected chi connectivity index (χ1v) is 5.60. The molecule has 6 nitrogen and oxygen atoms in total. The van der Waals surface area contributed by atoms with Crippen molar-refractivity contribution in [3.05, 3.63) is 10.6 Å². The van der Waals surface area contributed by atoms with E-state index in [1.54, 1.807) is 0 Å². The largest absolute Gasteiger partial charge is 0.395 e. The van der Waals surface area contributed by atoms with Gasteiger partial charge in [0.1, 0.15) is 4.88 Å². The number of amides is 2. The van der Waals surface area contributed by atoms with E-state index < -0.39 is 5.91 Å². The molecule has 1 aromatic heterocycles. The summed E-state index contributed by atoms with van der Waals surface area (Å²) >= 11 is 0.877. The molecule has 1 atom stereocenters. The van der Waals surface area contributed by atoms with E-state index in [0.717, 1.165) is 18.0 Å². The van der Waals surface area contributed by atoms with Gasteiger partial charge in [-0.2, -0.15) is 4.37 Å². The van der Waals surface area contributed by atoms with Gasteiger partial charge in [-0.05, 0) is 24.9 Å². The van der Waals surface area contributed by atoms with Crippen LogP contribution in [0, 0.1) is 0 Å². The van der Waals surface area contributed by atoms with Gasteiger partial charge in [0.05, 0.1) is 5.69 Å². The number of nitrogens with two attached hydrogens (primary N) is 2. The smallest absolute Gasteiger partial charge is 0.270 e. The molecule has 0 saturated carbocycles. The normalized spacial score (nSPS) is 12.1. The quantitative estimate of drug-likeness (QED) is 0.707. The Balaban J connectivity index is 2.89. The van der Waals surface area contributed by atoms with Gasteiger partial charge in [0.15, 0.2) is 5.69 Å². The third kappa shape index (κ3) is 2.48. The predicted molar refractivity (Wildman–Crippen MR) is 62.3 cm³/mol. The number of nitrogens with zero attached hydrogens (tertiary/aromatic N) is 1. The number of primary amides is 1. The minimum Gasteiger partial charge on any atom is -0.395 e. The summed E-state index contributed by atoms with van der Waals surface area (Å²) in [5.74, 6) is -1.05. The molecule has 0 aliphatic rings. The molecule has 0 bridgehead atoms. The van der Waals surface area contributed by atoms with Crippen LogP contribution in [0.5, 0.6) is 0 Å². The van der Waals surface area contributed by atoms with E-state index in [1.807, 2.05) is 13.8 Å². The van der Waals surface area contributed by atoms with Gasteiger partial charge in [0.2, 0.25) is 0 Å². The highest BCUT2D eigenvalue weighted by Crippen LogP contribution is 2.21. The highest BCUT2D eigenvalue weighted by Gasteiger charge is 2.20. The Kier molecular flexibility index (Phi) is 3.83. The van der Waals surface area contributed by atoms with Crippen molar-refractivity contribution in [2.75, 3.05) is 5.73 Å². The van der Waals surface area contributed by atoms with Crippen LogP contribution in [0.2, 0.25) is 0 Å². The number of carbonyl (C=O) groups is 2. The lowest BCUT2D eigenvalue weighted by atomic mass is 10.2. The van der Waals surface area contributed by atoms with E-state index in [-0.39, 0.29) is 28.2 Å². The topological polar surface area (TPSA) is 111 Å². The van der Waals surface area contributed by atoms with E-state index in [0.29, 0.717) is 0 Å². The molecule has 2 amide bonds. The molecule has 0 fully saturated rings. The third-order valence-corrected chi connectivity index (χ3v) is 3.02. The lowest BCUT2D eigenvalue weighted by Crippen LogP contribution is -2.31. The maximum atomic E-state index is 11.7. The van der Waals surface area contributed by atoms with Gasteiger partial charge in [-0.3, -0.25) is 9.59 Å². The van der Waals surface area contributed by atoms with Crippen LogP contribution in [-0.4, -0.2) is 22.2 Å². The first kappa shape index (κ1) is 12.4. The molecular weight excluding hydrogens is 228 g/mol. The monoisotopic (exact) mass is 242 g/mol. The Morgan fingerprint density at radius 1 is 1.56 bits per heavy atom. The van der Waals surface area contributed by atoms with Crippen molar-refractivity contribution in [2.24, 2.45) is 5.73 Å². The Labute approximate surface area is 97.2 Å². The molecule has 1 aromatic rings. The number of nitrogens with one attached hydrogen (secondary N) is 1. The Morgan fingerprint density at radius 3 is 2.62 bits per heavy atom. The molecule has 0 radical (unpaired) electrons. The van der Waals surface area contributed by atoms with E-state index in [4.69, 9.17) is 11.5 Å². The lowest BCUT2D eigenvalue weighted by molar-refractivity contribution is 0.0944. The van der Waals surface area contributed by atoms with Crippen molar-refractivity contribution in [1.82, 2.24) is 9.69 Å². The van der Waals surface area contributed by atoms with Crippen molar-refractivity contribution in [2.45, 2.75) is 26.3 Å². The van der Waals surface area contributed by atoms with Crippen molar-refractivity contribution in [3.63, 3.8) is 0 Å². The van der Waals surface area contributed by atoms with Gasteiger partial charge in [-0.1, -0.05) is 6.92 Å². The summed E-state index contributed by atoms with van der Waals surface area (Å²) in [5.41, 5.74) is 10.7. The van der Waals surface area contributed by atoms with Crippen LogP contribution in [-0.2, 0) is 0 Å². The molecule has 0 aliphatic heterocycles. The van der Waals surface area contributed by atoms with Crippen LogP contribution in [0.25, 0.3) is 0 Å². The number of hydrogen-bond donors (Lipinski definition) is 3. The number of nitrogen functional groups attached to an aromatic ring is 1. The zero-order valence-corrected chi connectivity index (χ0v) is 9.93. The second-order valence-corrected chi connectivity index (χ2v) is 4.19. The second kappa shape index (κ2) is 4.93. The molecule has 5 N–H and O–H groups in total. The zero-order valence-electron chi connectivity index (χ0n) is 9.11. The highest BCUT2D eigenvalue weighted by atomic mass is 32.1. The molecule has 16 heavy (non-hydrogen) atoms. The summed E-state index contributed by atoms with van der Waals surface area (Å²) in [7, 11) is 0. The number of carbonyl (C=O) groups excluding carboxylic acids is 2. The summed E-state index contributed by atoms with van der Waals surface area (Å²) < 4.78 is 3.75. The maximum Gasteiger partial charge on any atom is 0.270 e. The van der Waals surface area contributed by atoms with Crippen LogP contribution < -0.4 is 16.8 Å². The summed E-state index contributed by atoms with van der Waals surface area (Å²) in [6.07, 6.45) is 0.813. The molecule has 0 spiro atoms. The zero-order chi connectivity index (χ0) is 12.3. The molecule has 0 aliphatic carbocycles. The van der Waals surface area contributed by atoms with Gasteiger partial charge in [-0.15, -0.1) is 0 Å². The summed E-state index contributed by atoms with van der Waals surface area (Å²) in [4.78, 5) is 22.8. The molecule has 0 aromatic carbocycles. The Bertz CT molecular complexity index is 416. The number of rotatable bonds is 4. The Hall–Kier alpha value is -1.63. The molecule has 7 heteroatoms. The van der Waals surface area contributed by atoms with Crippen LogP contribution in [0.15, 0.2) is 0 Å². The fourth-order valence-electron chi connectivity index (χ4n) is 1.03. The van der Waals surface area contributed by atoms with Gasteiger partial charge >= 0.3 is 0 Å². The van der Waals surface area contributed by atoms with E-state index in [1.165, 1.54) is 0 Å². The fraction of sp³-hybridized carbons (Fsp3) is 0.444. The second-order valence-electron chi connectivity index (χ2n) is 3.42. The van der Waals surface area contributed by atoms with Crippen LogP contribution in [0.1, 0.15) is 40.4 Å². The van der Waals surface area contributed by atoms with Gasteiger partial charge in [0, 0.05) is 6.04 Å². The highest BCUT2D eigenvalue weighted by molar-refractivity contribution is 7.09. The summed E-state index contributed by atoms with van der Waals surface area (Å²) in [5, 5.41) is 2.74. The third-order valence-electron chi connectivity index (χ3n) is 2.16. The molecule has 0 saturated heterocycles. The molecule has 1 rings (SSSR count). The van der Waals surface area contributed by atoms with E-state index in [2.05, 4.69) is 9.69 Å². The minimum atomic E-state index is -0.726. The lowest BCUT2D eigenvalue weighted by Gasteiger charge is -2.09. The van der Waals surface area contributed by atoms with Gasteiger partial charge in [-0.25, -0.2) is 0 Å². The molecule has 88 valence electrons. The average molecular weight is 242 g/mol. The van der Waals surface area contributed by atoms with E-state index >= 15 is 0 Å². The summed E-state index contributed by atoms with van der Waals surface area (Å²) in [6.45, 7) is 3.83. The van der Waals surface area contributed by atoms with Gasteiger partial charge < -0.3 is 16.8 Å². The van der Waals surface area contributed by atoms with Gasteiger partial charge in [0.25, 0.3) is 11.8 Å². The van der Waals surface area contributed by atoms with Crippen LogP contribution in [0.3, 0.4) is 0 Å². The van der Waals surface area contributed by atoms with Crippen molar-refractivity contribution >= 4 is 29.0 Å². The van der Waals surface area contributed by atoms with Crippen molar-refractivity contribution < 1.29 is 9.59 Å². The van der Waals surface area contributed by atoms with Crippen LogP contribution in [0.4, 0.5) is 5.69 Å². The first-order chi connectivity index (χ1) is 7.47. The predicted octanol–water partition coefficient (Wildman–Crippen LogP) is 0.353. The SMILES string of the molecule is CCC(C)NC(=O)c1snc(C(N)=O)c1N. The number of aromatic nitrogens is 1. The number of hydrogen-bond acceptors (Lipinski definition) is 5. The number of anilines is 1. The maximum absolute atomic E-state index is 11.7. The fourth-order valence-corrected chi connectivity index (χ4v) is 1.74. The van der Waals surface area contributed by atoms with E-state index in [9.17, 15) is 9.59 Å². The van der Waals surface area contributed by atoms with Crippen molar-refractivity contribution in [1.29, 1.82) is 0 Å². The Morgan fingerprint density at radius 2 is 2.19 bits per heavy atom. The minimum absolute atomic E-state index is 0.0423. The molecule has 1 heterocycles. The average Bonchev–Trinajstić information content (AvgIpc) is 2.59. The first-order valence-electron chi connectivity index (χ1n) is 4.83. The molecular formula is C9H14N4O2S. The van der Waals surface area contributed by atoms with Crippen LogP contribution >= 0.6 is 11.5 Å². The van der Waals surface area contributed by atoms with Crippen molar-refractivity contribution in [3.8, 4) is 0 Å². The molecule has 1 unspecified atom stereocenters. The standard InChI is InChI=1S/C9H14N4O2S/c1-3-4(2)12-9(15)7-5(10)6(8(11)14)13-16-7/h4H,3,10H2,1-2H3,(H2,11,14)(H,12,15).